The molecule has 0 aromatic heterocycles. The van der Waals surface area contributed by atoms with Gasteiger partial charge in [-0.15, -0.1) is 0 Å². The number of carbonyl (C=O) groups is 1. The Kier molecular flexibility index (Phi) is 5.08. The van der Waals surface area contributed by atoms with Gasteiger partial charge in [0.1, 0.15) is 5.75 Å². The lowest BCUT2D eigenvalue weighted by Crippen LogP contribution is -2.53. The van der Waals surface area contributed by atoms with Gasteiger partial charge in [-0.05, 0) is 26.0 Å². The van der Waals surface area contributed by atoms with Gasteiger partial charge in [0.25, 0.3) is 5.91 Å². The Hall–Kier alpha value is -1.60. The zero-order valence-electron chi connectivity index (χ0n) is 13.2. The third-order valence-electron chi connectivity index (χ3n) is 3.70. The van der Waals surface area contributed by atoms with Gasteiger partial charge in [0, 0.05) is 26.2 Å². The smallest absolute Gasteiger partial charge is 0.263 e. The number of sulfonamides is 1. The molecule has 1 aromatic carbocycles. The van der Waals surface area contributed by atoms with Crippen molar-refractivity contribution in [2.75, 3.05) is 32.4 Å². The maximum absolute atomic E-state index is 12.4. The van der Waals surface area contributed by atoms with Gasteiger partial charge < -0.3 is 9.64 Å². The molecule has 1 amide bonds. The van der Waals surface area contributed by atoms with Crippen molar-refractivity contribution < 1.29 is 17.9 Å². The van der Waals surface area contributed by atoms with Crippen molar-refractivity contribution in [3.8, 4) is 5.75 Å². The number of aryl methyl sites for hydroxylation is 1. The maximum Gasteiger partial charge on any atom is 0.263 e. The lowest BCUT2D eigenvalue weighted by Gasteiger charge is -2.34. The van der Waals surface area contributed by atoms with Gasteiger partial charge in [0.15, 0.2) is 6.10 Å². The molecule has 2 rings (SSSR count). The Morgan fingerprint density at radius 3 is 2.18 bits per heavy atom. The van der Waals surface area contributed by atoms with E-state index in [0.717, 1.165) is 5.56 Å². The minimum atomic E-state index is -3.18. The Labute approximate surface area is 131 Å². The number of rotatable bonds is 4. The van der Waals surface area contributed by atoms with Crippen LogP contribution in [-0.2, 0) is 14.8 Å². The van der Waals surface area contributed by atoms with Crippen LogP contribution in [0.1, 0.15) is 12.5 Å². The largest absolute Gasteiger partial charge is 0.481 e. The number of benzene rings is 1. The summed E-state index contributed by atoms with van der Waals surface area (Å²) in [5.41, 5.74) is 1.13. The molecule has 22 heavy (non-hydrogen) atoms. The van der Waals surface area contributed by atoms with Gasteiger partial charge in [-0.25, -0.2) is 8.42 Å². The molecule has 0 saturated carbocycles. The molecule has 1 aromatic rings. The van der Waals surface area contributed by atoms with E-state index in [4.69, 9.17) is 4.74 Å². The molecule has 0 spiro atoms. The Balaban J connectivity index is 1.90. The fourth-order valence-corrected chi connectivity index (χ4v) is 3.20. The van der Waals surface area contributed by atoms with E-state index in [0.29, 0.717) is 31.9 Å². The molecule has 7 heteroatoms. The number of nitrogens with zero attached hydrogens (tertiary/aromatic N) is 2. The van der Waals surface area contributed by atoms with Gasteiger partial charge in [0.05, 0.1) is 6.26 Å². The van der Waals surface area contributed by atoms with Gasteiger partial charge >= 0.3 is 0 Å². The van der Waals surface area contributed by atoms with Crippen molar-refractivity contribution in [2.45, 2.75) is 20.0 Å². The van der Waals surface area contributed by atoms with Crippen molar-refractivity contribution in [1.82, 2.24) is 9.21 Å². The number of hydrogen-bond acceptors (Lipinski definition) is 4. The molecule has 1 unspecified atom stereocenters. The predicted octanol–water partition coefficient (Wildman–Crippen LogP) is 0.866. The second-order valence-electron chi connectivity index (χ2n) is 5.56. The van der Waals surface area contributed by atoms with Crippen molar-refractivity contribution in [3.05, 3.63) is 29.8 Å². The first-order valence-corrected chi connectivity index (χ1v) is 9.09. The highest BCUT2D eigenvalue weighted by molar-refractivity contribution is 7.88. The summed E-state index contributed by atoms with van der Waals surface area (Å²) < 4.78 is 30.0. The Morgan fingerprint density at radius 2 is 1.68 bits per heavy atom. The Morgan fingerprint density at radius 1 is 1.14 bits per heavy atom. The SMILES string of the molecule is Cc1ccc(OC(C)C(=O)N2CCN(S(C)(=O)=O)CC2)cc1. The van der Waals surface area contributed by atoms with Crippen LogP contribution < -0.4 is 4.74 Å². The molecular formula is C15H22N2O4S. The minimum Gasteiger partial charge on any atom is -0.481 e. The van der Waals surface area contributed by atoms with Crippen LogP contribution in [0.3, 0.4) is 0 Å². The first-order chi connectivity index (χ1) is 10.3. The van der Waals surface area contributed by atoms with Crippen LogP contribution in [0.2, 0.25) is 0 Å². The summed E-state index contributed by atoms with van der Waals surface area (Å²) in [4.78, 5) is 14.0. The molecular weight excluding hydrogens is 304 g/mol. The highest BCUT2D eigenvalue weighted by atomic mass is 32.2. The molecule has 0 aliphatic carbocycles. The normalized spacial score (nSPS) is 18.0. The van der Waals surface area contributed by atoms with Gasteiger partial charge in [-0.3, -0.25) is 4.79 Å². The molecule has 1 saturated heterocycles. The summed E-state index contributed by atoms with van der Waals surface area (Å²) in [6, 6.07) is 7.52. The monoisotopic (exact) mass is 326 g/mol. The Bertz CT molecular complexity index is 619. The van der Waals surface area contributed by atoms with Crippen LogP contribution in [0, 0.1) is 6.92 Å². The molecule has 6 nitrogen and oxygen atoms in total. The maximum atomic E-state index is 12.4. The van der Waals surface area contributed by atoms with E-state index >= 15 is 0 Å². The number of ether oxygens (including phenoxy) is 1. The number of carbonyl (C=O) groups excluding carboxylic acids is 1. The lowest BCUT2D eigenvalue weighted by molar-refractivity contribution is -0.139. The molecule has 0 radical (unpaired) electrons. The summed E-state index contributed by atoms with van der Waals surface area (Å²) in [6.45, 7) is 5.16. The molecule has 0 bridgehead atoms. The average molecular weight is 326 g/mol. The van der Waals surface area contributed by atoms with Crippen molar-refractivity contribution >= 4 is 15.9 Å². The van der Waals surface area contributed by atoms with E-state index in [1.54, 1.807) is 11.8 Å². The zero-order chi connectivity index (χ0) is 16.3. The molecule has 1 aliphatic heterocycles. The summed E-state index contributed by atoms with van der Waals surface area (Å²) in [6.07, 6.45) is 0.598. The van der Waals surface area contributed by atoms with E-state index in [1.807, 2.05) is 31.2 Å². The van der Waals surface area contributed by atoms with E-state index in [9.17, 15) is 13.2 Å². The second-order valence-corrected chi connectivity index (χ2v) is 7.54. The number of piperazine rings is 1. The van der Waals surface area contributed by atoms with E-state index in [-0.39, 0.29) is 5.91 Å². The summed E-state index contributed by atoms with van der Waals surface area (Å²) in [5, 5.41) is 0. The third kappa shape index (κ3) is 4.20. The summed E-state index contributed by atoms with van der Waals surface area (Å²) >= 11 is 0. The first-order valence-electron chi connectivity index (χ1n) is 7.24. The van der Waals surface area contributed by atoms with Crippen LogP contribution in [-0.4, -0.2) is 62.1 Å². The van der Waals surface area contributed by atoms with Crippen LogP contribution in [0.15, 0.2) is 24.3 Å². The highest BCUT2D eigenvalue weighted by Crippen LogP contribution is 2.15. The fraction of sp³-hybridized carbons (Fsp3) is 0.533. The molecule has 1 atom stereocenters. The zero-order valence-corrected chi connectivity index (χ0v) is 14.0. The molecule has 1 fully saturated rings. The van der Waals surface area contributed by atoms with Crippen LogP contribution >= 0.6 is 0 Å². The lowest BCUT2D eigenvalue weighted by atomic mass is 10.2. The number of amides is 1. The minimum absolute atomic E-state index is 0.117. The van der Waals surface area contributed by atoms with E-state index in [1.165, 1.54) is 10.6 Å². The molecule has 122 valence electrons. The quantitative estimate of drug-likeness (QED) is 0.823. The van der Waals surface area contributed by atoms with Crippen LogP contribution in [0.4, 0.5) is 0 Å². The summed E-state index contributed by atoms with van der Waals surface area (Å²) in [5.74, 6) is 0.537. The van der Waals surface area contributed by atoms with Crippen molar-refractivity contribution in [2.24, 2.45) is 0 Å². The predicted molar refractivity (Wildman–Crippen MR) is 84.3 cm³/mol. The summed E-state index contributed by atoms with van der Waals surface area (Å²) in [7, 11) is -3.18. The topological polar surface area (TPSA) is 66.9 Å². The van der Waals surface area contributed by atoms with E-state index < -0.39 is 16.1 Å². The average Bonchev–Trinajstić information content (AvgIpc) is 2.48. The third-order valence-corrected chi connectivity index (χ3v) is 5.00. The second kappa shape index (κ2) is 6.66. The molecule has 1 heterocycles. The van der Waals surface area contributed by atoms with E-state index in [2.05, 4.69) is 0 Å². The molecule has 1 aliphatic rings. The van der Waals surface area contributed by atoms with Gasteiger partial charge in [0.2, 0.25) is 10.0 Å². The van der Waals surface area contributed by atoms with Gasteiger partial charge in [-0.1, -0.05) is 17.7 Å². The van der Waals surface area contributed by atoms with Gasteiger partial charge in [-0.2, -0.15) is 4.31 Å². The van der Waals surface area contributed by atoms with Crippen molar-refractivity contribution in [1.29, 1.82) is 0 Å². The first kappa shape index (κ1) is 16.8. The van der Waals surface area contributed by atoms with Crippen LogP contribution in [0.5, 0.6) is 5.75 Å². The standard InChI is InChI=1S/C15H22N2O4S/c1-12-4-6-14(7-5-12)21-13(2)15(18)16-8-10-17(11-9-16)22(3,19)20/h4-7,13H,8-11H2,1-3H3. The van der Waals surface area contributed by atoms with Crippen molar-refractivity contribution in [3.63, 3.8) is 0 Å². The van der Waals surface area contributed by atoms with Crippen LogP contribution in [0.25, 0.3) is 0 Å². The molecule has 0 N–H and O–H groups in total. The number of hydrogen-bond donors (Lipinski definition) is 0. The fourth-order valence-electron chi connectivity index (χ4n) is 2.37. The highest BCUT2D eigenvalue weighted by Gasteiger charge is 2.29.